The first-order valence-electron chi connectivity index (χ1n) is 33.0. The summed E-state index contributed by atoms with van der Waals surface area (Å²) in [7, 11) is 0. The molecule has 1 saturated heterocycles. The lowest BCUT2D eigenvalue weighted by molar-refractivity contribution is -0.147. The fraction of sp³-hybridized carbons (Fsp3) is 0.938. The van der Waals surface area contributed by atoms with Crippen molar-refractivity contribution in [3.05, 3.63) is 0 Å². The molecule has 0 aliphatic carbocycles. The van der Waals surface area contributed by atoms with Crippen LogP contribution in [0.1, 0.15) is 297 Å². The van der Waals surface area contributed by atoms with Crippen molar-refractivity contribution < 1.29 is 49.1 Å². The lowest BCUT2D eigenvalue weighted by Crippen LogP contribution is -2.62. The SMILES string of the molecule is CCCCCCCCCCC(O)CN(CCCC(=O)OCCC1NC(=O)C(CCOC(=O)CCCN(CC(O)CCCCCCCCCC)CC(O)CCCCCCCCCC)NC1=O)CC(O)CCCCCCCCCC. The predicted molar refractivity (Wildman–Crippen MR) is 319 cm³/mol. The number of rotatable bonds is 58. The fourth-order valence-electron chi connectivity index (χ4n) is 10.8. The molecule has 1 aliphatic heterocycles. The number of carbonyl (C=O) groups excluding carboxylic acids is 4. The van der Waals surface area contributed by atoms with Crippen LogP contribution in [-0.4, -0.2) is 143 Å². The van der Waals surface area contributed by atoms with Crippen LogP contribution < -0.4 is 10.6 Å². The molecule has 14 heteroatoms. The summed E-state index contributed by atoms with van der Waals surface area (Å²) < 4.78 is 11.0. The lowest BCUT2D eigenvalue weighted by Gasteiger charge is -2.29. The molecular formula is C64H124N4O10. The Bertz CT molecular complexity index is 1250. The molecule has 14 nitrogen and oxygen atoms in total. The van der Waals surface area contributed by atoms with Crippen LogP contribution in [0.4, 0.5) is 0 Å². The minimum atomic E-state index is -0.856. The Kier molecular flexibility index (Phi) is 49.8. The average Bonchev–Trinajstić information content (AvgIpc) is 3.40. The number of nitrogens with one attached hydrogen (secondary N) is 2. The Labute approximate surface area is 477 Å². The molecule has 1 fully saturated rings. The van der Waals surface area contributed by atoms with Gasteiger partial charge in [-0.05, 0) is 51.6 Å². The highest BCUT2D eigenvalue weighted by molar-refractivity contribution is 5.96. The standard InChI is InChI=1S/C64H124N4O10/c1-5-9-13-17-21-25-29-33-39-55(69)51-67(52-56(70)40-34-30-26-22-18-14-10-6-2)47-37-43-61(73)77-49-45-59-63(75)66-60(64(76)65-59)46-50-78-62(74)44-38-48-68(53-57(71)41-35-31-27-23-19-15-11-7-3)54-58(72)42-36-32-28-24-20-16-12-8-4/h55-60,69-72H,5-54H2,1-4H3,(H,65,76)(H,66,75). The molecular weight excluding hydrogens is 985 g/mol. The van der Waals surface area contributed by atoms with E-state index in [1.807, 2.05) is 0 Å². The molecule has 6 unspecified atom stereocenters. The molecule has 0 aromatic rings. The molecule has 2 amide bonds. The molecule has 78 heavy (non-hydrogen) atoms. The van der Waals surface area contributed by atoms with Crippen molar-refractivity contribution in [2.45, 2.75) is 334 Å². The third-order valence-electron chi connectivity index (χ3n) is 15.8. The molecule has 0 radical (unpaired) electrons. The number of aliphatic hydroxyl groups is 4. The Hall–Kier alpha value is -2.36. The number of nitrogens with zero attached hydrogens (tertiary/aromatic N) is 2. The van der Waals surface area contributed by atoms with Crippen LogP contribution in [-0.2, 0) is 28.7 Å². The molecule has 0 saturated carbocycles. The maximum Gasteiger partial charge on any atom is 0.305 e. The van der Waals surface area contributed by atoms with Gasteiger partial charge in [0.1, 0.15) is 12.1 Å². The Balaban J connectivity index is 2.51. The number of esters is 2. The first-order chi connectivity index (χ1) is 37.9. The summed E-state index contributed by atoms with van der Waals surface area (Å²) in [6.45, 7) is 11.8. The summed E-state index contributed by atoms with van der Waals surface area (Å²) in [6.07, 6.45) is 41.1. The van der Waals surface area contributed by atoms with Crippen LogP contribution in [0.25, 0.3) is 0 Å². The average molecular weight is 1110 g/mol. The van der Waals surface area contributed by atoms with Crippen LogP contribution in [0, 0.1) is 0 Å². The van der Waals surface area contributed by atoms with Crippen LogP contribution >= 0.6 is 0 Å². The molecule has 460 valence electrons. The topological polar surface area (TPSA) is 198 Å². The molecule has 1 rings (SSSR count). The quantitative estimate of drug-likeness (QED) is 0.0249. The van der Waals surface area contributed by atoms with E-state index in [-0.39, 0.29) is 50.7 Å². The van der Waals surface area contributed by atoms with Gasteiger partial charge in [-0.2, -0.15) is 0 Å². The van der Waals surface area contributed by atoms with E-state index in [4.69, 9.17) is 9.47 Å². The van der Waals surface area contributed by atoms with Crippen molar-refractivity contribution in [1.82, 2.24) is 20.4 Å². The molecule has 0 aromatic heterocycles. The maximum atomic E-state index is 13.0. The summed E-state index contributed by atoms with van der Waals surface area (Å²) >= 11 is 0. The minimum absolute atomic E-state index is 0.0360. The number of piperazine rings is 1. The summed E-state index contributed by atoms with van der Waals surface area (Å²) in [5.74, 6) is -1.57. The van der Waals surface area contributed by atoms with Gasteiger partial charge in [-0.3, -0.25) is 29.0 Å². The zero-order valence-corrected chi connectivity index (χ0v) is 51.0. The molecule has 0 spiro atoms. The van der Waals surface area contributed by atoms with Crippen LogP contribution in [0.15, 0.2) is 0 Å². The first-order valence-corrected chi connectivity index (χ1v) is 33.0. The number of ether oxygens (including phenoxy) is 2. The van der Waals surface area contributed by atoms with E-state index in [1.165, 1.54) is 154 Å². The van der Waals surface area contributed by atoms with Crippen molar-refractivity contribution in [3.63, 3.8) is 0 Å². The van der Waals surface area contributed by atoms with Gasteiger partial charge >= 0.3 is 11.9 Å². The van der Waals surface area contributed by atoms with Crippen molar-refractivity contribution >= 4 is 23.8 Å². The smallest absolute Gasteiger partial charge is 0.305 e. The third-order valence-corrected chi connectivity index (χ3v) is 15.8. The number of hydrogen-bond acceptors (Lipinski definition) is 12. The van der Waals surface area contributed by atoms with Crippen molar-refractivity contribution in [2.24, 2.45) is 0 Å². The number of unbranched alkanes of at least 4 members (excludes halogenated alkanes) is 28. The lowest BCUT2D eigenvalue weighted by atomic mass is 10.0. The summed E-state index contributed by atoms with van der Waals surface area (Å²) in [6, 6.07) is -1.71. The van der Waals surface area contributed by atoms with E-state index in [0.29, 0.717) is 52.1 Å². The number of amides is 2. The predicted octanol–water partition coefficient (Wildman–Crippen LogP) is 12.6. The first kappa shape index (κ1) is 73.7. The number of hydrogen-bond donors (Lipinski definition) is 6. The van der Waals surface area contributed by atoms with Gasteiger partial charge in [0.05, 0.1) is 37.6 Å². The van der Waals surface area contributed by atoms with Gasteiger partial charge in [-0.15, -0.1) is 0 Å². The minimum Gasteiger partial charge on any atom is -0.466 e. The number of carbonyl (C=O) groups is 4. The van der Waals surface area contributed by atoms with Crippen LogP contribution in [0.3, 0.4) is 0 Å². The van der Waals surface area contributed by atoms with E-state index in [0.717, 1.165) is 77.0 Å². The molecule has 0 bridgehead atoms. The second-order valence-electron chi connectivity index (χ2n) is 23.5. The fourth-order valence-corrected chi connectivity index (χ4v) is 10.8. The van der Waals surface area contributed by atoms with Crippen molar-refractivity contribution in [2.75, 3.05) is 52.5 Å². The van der Waals surface area contributed by atoms with Gasteiger partial charge in [-0.25, -0.2) is 0 Å². The van der Waals surface area contributed by atoms with Gasteiger partial charge in [-0.1, -0.05) is 233 Å². The Morgan fingerprint density at radius 3 is 0.859 bits per heavy atom. The zero-order valence-electron chi connectivity index (χ0n) is 51.0. The molecule has 1 aliphatic rings. The van der Waals surface area contributed by atoms with Crippen molar-refractivity contribution in [3.8, 4) is 0 Å². The zero-order chi connectivity index (χ0) is 57.1. The van der Waals surface area contributed by atoms with E-state index in [9.17, 15) is 39.6 Å². The van der Waals surface area contributed by atoms with Gasteiger partial charge < -0.3 is 40.5 Å². The molecule has 6 atom stereocenters. The number of aliphatic hydroxyl groups excluding tert-OH is 4. The molecule has 0 aromatic carbocycles. The van der Waals surface area contributed by atoms with Crippen LogP contribution in [0.2, 0.25) is 0 Å². The highest BCUT2D eigenvalue weighted by Gasteiger charge is 2.33. The van der Waals surface area contributed by atoms with E-state index < -0.39 is 48.4 Å². The maximum absolute atomic E-state index is 13.0. The van der Waals surface area contributed by atoms with Crippen molar-refractivity contribution in [1.29, 1.82) is 0 Å². The van der Waals surface area contributed by atoms with E-state index in [2.05, 4.69) is 48.1 Å². The summed E-state index contributed by atoms with van der Waals surface area (Å²) in [5, 5.41) is 49.4. The van der Waals surface area contributed by atoms with E-state index in [1.54, 1.807) is 0 Å². The normalized spacial score (nSPS) is 16.3. The molecule has 6 N–H and O–H groups in total. The highest BCUT2D eigenvalue weighted by Crippen LogP contribution is 2.17. The largest absolute Gasteiger partial charge is 0.466 e. The highest BCUT2D eigenvalue weighted by atomic mass is 16.5. The van der Waals surface area contributed by atoms with Gasteiger partial charge in [0, 0.05) is 51.9 Å². The second-order valence-corrected chi connectivity index (χ2v) is 23.5. The summed E-state index contributed by atoms with van der Waals surface area (Å²) in [4.78, 5) is 55.8. The Morgan fingerprint density at radius 1 is 0.385 bits per heavy atom. The van der Waals surface area contributed by atoms with Crippen LogP contribution in [0.5, 0.6) is 0 Å². The Morgan fingerprint density at radius 2 is 0.615 bits per heavy atom. The van der Waals surface area contributed by atoms with Gasteiger partial charge in [0.2, 0.25) is 11.8 Å². The summed E-state index contributed by atoms with van der Waals surface area (Å²) in [5.41, 5.74) is 0. The third kappa shape index (κ3) is 44.3. The van der Waals surface area contributed by atoms with Gasteiger partial charge in [0.15, 0.2) is 0 Å². The monoisotopic (exact) mass is 1110 g/mol. The second kappa shape index (κ2) is 52.7. The molecule has 1 heterocycles. The van der Waals surface area contributed by atoms with Gasteiger partial charge in [0.25, 0.3) is 0 Å². The van der Waals surface area contributed by atoms with E-state index >= 15 is 0 Å².